The lowest BCUT2D eigenvalue weighted by atomic mass is 9.84. The van der Waals surface area contributed by atoms with Crippen LogP contribution in [0.1, 0.15) is 34.7 Å². The van der Waals surface area contributed by atoms with Crippen LogP contribution in [-0.4, -0.2) is 32.1 Å². The van der Waals surface area contributed by atoms with Gasteiger partial charge in [0.2, 0.25) is 0 Å². The third-order valence-corrected chi connectivity index (χ3v) is 5.27. The lowest BCUT2D eigenvalue weighted by Crippen LogP contribution is -2.25. The first-order valence-electron chi connectivity index (χ1n) is 8.69. The van der Waals surface area contributed by atoms with Gasteiger partial charge in [-0.05, 0) is 42.7 Å². The number of aromatic nitrogens is 2. The average molecular weight is 362 g/mol. The predicted molar refractivity (Wildman–Crippen MR) is 99.7 cm³/mol. The Hall–Kier alpha value is -3.28. The summed E-state index contributed by atoms with van der Waals surface area (Å²) in [7, 11) is 0. The minimum atomic E-state index is -1.15. The maximum Gasteiger partial charge on any atom is 0.308 e. The van der Waals surface area contributed by atoms with Crippen LogP contribution in [0.25, 0.3) is 22.3 Å². The first kappa shape index (κ1) is 17.1. The smallest absolute Gasteiger partial charge is 0.308 e. The van der Waals surface area contributed by atoms with Crippen LogP contribution in [0.15, 0.2) is 36.4 Å². The molecule has 1 aliphatic rings. The maximum atomic E-state index is 11.9. The fourth-order valence-electron chi connectivity index (χ4n) is 3.81. The molecule has 4 rings (SSSR count). The molecule has 0 saturated heterocycles. The highest BCUT2D eigenvalue weighted by molar-refractivity contribution is 5.87. The molecule has 0 bridgehead atoms. The van der Waals surface area contributed by atoms with E-state index in [0.717, 1.165) is 27.8 Å². The number of hydrogen-bond donors (Lipinski definition) is 2. The van der Waals surface area contributed by atoms with E-state index in [1.54, 1.807) is 0 Å². The zero-order valence-corrected chi connectivity index (χ0v) is 14.9. The maximum absolute atomic E-state index is 11.9. The van der Waals surface area contributed by atoms with Gasteiger partial charge in [-0.25, -0.2) is 9.97 Å². The monoisotopic (exact) mass is 362 g/mol. The minimum Gasteiger partial charge on any atom is -0.481 e. The highest BCUT2D eigenvalue weighted by Crippen LogP contribution is 2.47. The van der Waals surface area contributed by atoms with Crippen molar-refractivity contribution in [2.24, 2.45) is 5.92 Å². The van der Waals surface area contributed by atoms with Crippen molar-refractivity contribution in [3.8, 4) is 11.3 Å². The minimum absolute atomic E-state index is 0.472. The summed E-state index contributed by atoms with van der Waals surface area (Å²) >= 11 is 0. The number of carboxylic acid groups (broad SMARTS) is 2. The lowest BCUT2D eigenvalue weighted by Gasteiger charge is -2.19. The van der Waals surface area contributed by atoms with Gasteiger partial charge in [0.1, 0.15) is 0 Å². The first-order valence-corrected chi connectivity index (χ1v) is 8.69. The van der Waals surface area contributed by atoms with E-state index in [1.807, 2.05) is 50.2 Å². The fourth-order valence-corrected chi connectivity index (χ4v) is 3.81. The van der Waals surface area contributed by atoms with Gasteiger partial charge in [0.15, 0.2) is 0 Å². The van der Waals surface area contributed by atoms with Gasteiger partial charge in [0.05, 0.1) is 34.8 Å². The number of fused-ring (bicyclic) bond motifs is 4. The Morgan fingerprint density at radius 3 is 2.30 bits per heavy atom. The molecule has 1 heterocycles. The molecule has 3 aromatic rings. The molecule has 6 nitrogen and oxygen atoms in total. The molecule has 2 aromatic carbocycles. The number of hydrogen-bond acceptors (Lipinski definition) is 4. The van der Waals surface area contributed by atoms with Crippen LogP contribution in [0.4, 0.5) is 0 Å². The molecule has 136 valence electrons. The van der Waals surface area contributed by atoms with Crippen LogP contribution in [0, 0.1) is 19.8 Å². The van der Waals surface area contributed by atoms with E-state index in [1.165, 1.54) is 0 Å². The summed E-state index contributed by atoms with van der Waals surface area (Å²) in [6, 6.07) is 11.3. The Bertz CT molecular complexity index is 1110. The third-order valence-electron chi connectivity index (χ3n) is 5.27. The van der Waals surface area contributed by atoms with E-state index in [9.17, 15) is 19.8 Å². The van der Waals surface area contributed by atoms with Crippen LogP contribution in [0.5, 0.6) is 0 Å². The third kappa shape index (κ3) is 2.73. The van der Waals surface area contributed by atoms with Gasteiger partial charge in [0.25, 0.3) is 0 Å². The van der Waals surface area contributed by atoms with E-state index in [0.29, 0.717) is 16.9 Å². The SMILES string of the molecule is Cc1cc2nc3c(nc2cc1C)C(C(CC(=O)O)C(=O)O)c1ccccc1-3. The molecule has 0 aliphatic heterocycles. The largest absolute Gasteiger partial charge is 0.481 e. The number of aliphatic carboxylic acids is 2. The number of benzene rings is 2. The number of carbonyl (C=O) groups is 2. The van der Waals surface area contributed by atoms with E-state index >= 15 is 0 Å². The normalized spacial score (nSPS) is 16.0. The Balaban J connectivity index is 1.99. The summed E-state index contributed by atoms with van der Waals surface area (Å²) in [6.45, 7) is 3.99. The Morgan fingerprint density at radius 2 is 1.67 bits per heavy atom. The van der Waals surface area contributed by atoms with Crippen LogP contribution in [0.3, 0.4) is 0 Å². The van der Waals surface area contributed by atoms with Crippen molar-refractivity contribution in [2.45, 2.75) is 26.2 Å². The molecule has 2 atom stereocenters. The summed E-state index contributed by atoms with van der Waals surface area (Å²) in [6.07, 6.45) is -0.472. The summed E-state index contributed by atoms with van der Waals surface area (Å²) in [5.41, 5.74) is 6.39. The molecule has 6 heteroatoms. The molecule has 1 aliphatic carbocycles. The summed E-state index contributed by atoms with van der Waals surface area (Å²) < 4.78 is 0. The summed E-state index contributed by atoms with van der Waals surface area (Å²) in [5, 5.41) is 18.9. The van der Waals surface area contributed by atoms with Crippen LogP contribution in [0.2, 0.25) is 0 Å². The molecule has 2 N–H and O–H groups in total. The standard InChI is InChI=1S/C21H18N2O4/c1-10-7-15-16(8-11(10)2)23-20-18(14(21(26)27)9-17(24)25)12-5-3-4-6-13(12)19(20)22-15/h3-8,14,18H,9H2,1-2H3,(H,24,25)(H,26,27). The van der Waals surface area contributed by atoms with Crippen molar-refractivity contribution in [1.82, 2.24) is 9.97 Å². The van der Waals surface area contributed by atoms with Gasteiger partial charge in [-0.15, -0.1) is 0 Å². The van der Waals surface area contributed by atoms with E-state index < -0.39 is 30.2 Å². The van der Waals surface area contributed by atoms with E-state index in [4.69, 9.17) is 9.97 Å². The number of aryl methyl sites for hydroxylation is 2. The highest BCUT2D eigenvalue weighted by atomic mass is 16.4. The van der Waals surface area contributed by atoms with Crippen LogP contribution < -0.4 is 0 Å². The van der Waals surface area contributed by atoms with Gasteiger partial charge in [0, 0.05) is 11.5 Å². The predicted octanol–water partition coefficient (Wildman–Crippen LogP) is 3.53. The number of carboxylic acids is 2. The summed E-state index contributed by atoms with van der Waals surface area (Å²) in [4.78, 5) is 32.7. The van der Waals surface area contributed by atoms with Crippen LogP contribution >= 0.6 is 0 Å². The van der Waals surface area contributed by atoms with Gasteiger partial charge in [-0.3, -0.25) is 9.59 Å². The molecule has 0 saturated carbocycles. The topological polar surface area (TPSA) is 100 Å². The van der Waals surface area contributed by atoms with Gasteiger partial charge in [-0.1, -0.05) is 24.3 Å². The van der Waals surface area contributed by atoms with Crippen LogP contribution in [-0.2, 0) is 9.59 Å². The van der Waals surface area contributed by atoms with Crippen molar-refractivity contribution < 1.29 is 19.8 Å². The van der Waals surface area contributed by atoms with Gasteiger partial charge >= 0.3 is 11.9 Å². The molecule has 0 spiro atoms. The second-order valence-electron chi connectivity index (χ2n) is 6.99. The second kappa shape index (κ2) is 6.16. The van der Waals surface area contributed by atoms with Crippen molar-refractivity contribution in [1.29, 1.82) is 0 Å². The van der Waals surface area contributed by atoms with E-state index in [2.05, 4.69) is 0 Å². The van der Waals surface area contributed by atoms with E-state index in [-0.39, 0.29) is 0 Å². The Labute approximate surface area is 155 Å². The van der Waals surface area contributed by atoms with Gasteiger partial charge in [-0.2, -0.15) is 0 Å². The molecule has 0 fully saturated rings. The molecular formula is C21H18N2O4. The lowest BCUT2D eigenvalue weighted by molar-refractivity contribution is -0.148. The fraction of sp³-hybridized carbons (Fsp3) is 0.238. The highest BCUT2D eigenvalue weighted by Gasteiger charge is 2.41. The molecule has 1 aromatic heterocycles. The molecule has 0 amide bonds. The molecular weight excluding hydrogens is 344 g/mol. The van der Waals surface area contributed by atoms with Crippen molar-refractivity contribution in [3.63, 3.8) is 0 Å². The zero-order chi connectivity index (χ0) is 19.3. The van der Waals surface area contributed by atoms with Crippen molar-refractivity contribution in [3.05, 3.63) is 58.8 Å². The molecule has 0 radical (unpaired) electrons. The van der Waals surface area contributed by atoms with Crippen molar-refractivity contribution >= 4 is 23.0 Å². The second-order valence-corrected chi connectivity index (χ2v) is 6.99. The summed E-state index contributed by atoms with van der Waals surface area (Å²) in [5.74, 6) is -4.04. The average Bonchev–Trinajstić information content (AvgIpc) is 2.92. The molecule has 27 heavy (non-hydrogen) atoms. The quantitative estimate of drug-likeness (QED) is 0.736. The number of nitrogens with zero attached hydrogens (tertiary/aromatic N) is 2. The first-order chi connectivity index (χ1) is 12.9. The molecule has 2 unspecified atom stereocenters. The zero-order valence-electron chi connectivity index (χ0n) is 14.9. The Kier molecular flexibility index (Phi) is 3.91. The van der Waals surface area contributed by atoms with Crippen molar-refractivity contribution in [2.75, 3.05) is 0 Å². The van der Waals surface area contributed by atoms with Gasteiger partial charge < -0.3 is 10.2 Å². The number of rotatable bonds is 4. The Morgan fingerprint density at radius 1 is 1.04 bits per heavy atom.